The zero-order valence-electron chi connectivity index (χ0n) is 12.3. The predicted molar refractivity (Wildman–Crippen MR) is 78.6 cm³/mol. The quantitative estimate of drug-likeness (QED) is 0.841. The van der Waals surface area contributed by atoms with Crippen LogP contribution in [-0.2, 0) is 27.2 Å². The summed E-state index contributed by atoms with van der Waals surface area (Å²) >= 11 is 0. The van der Waals surface area contributed by atoms with Gasteiger partial charge in [-0.2, -0.15) is 0 Å². The van der Waals surface area contributed by atoms with Crippen molar-refractivity contribution < 1.29 is 24.5 Å². The molecule has 0 radical (unpaired) electrons. The van der Waals surface area contributed by atoms with E-state index in [4.69, 9.17) is 9.84 Å². The lowest BCUT2D eigenvalue weighted by atomic mass is 9.75. The maximum absolute atomic E-state index is 11.5. The van der Waals surface area contributed by atoms with E-state index in [1.807, 2.05) is 24.3 Å². The molecule has 118 valence electrons. The van der Waals surface area contributed by atoms with Crippen LogP contribution in [0.2, 0.25) is 0 Å². The van der Waals surface area contributed by atoms with Gasteiger partial charge in [0.1, 0.15) is 0 Å². The van der Waals surface area contributed by atoms with Gasteiger partial charge in [0.05, 0.1) is 18.1 Å². The lowest BCUT2D eigenvalue weighted by molar-refractivity contribution is -0.144. The van der Waals surface area contributed by atoms with Crippen molar-refractivity contribution in [2.24, 2.45) is 11.8 Å². The van der Waals surface area contributed by atoms with Crippen molar-refractivity contribution in [1.82, 2.24) is 0 Å². The summed E-state index contributed by atoms with van der Waals surface area (Å²) in [6, 6.07) is 7.72. The summed E-state index contributed by atoms with van der Waals surface area (Å²) in [7, 11) is 0. The molecule has 0 saturated carbocycles. The largest absolute Gasteiger partial charge is 0.481 e. The van der Waals surface area contributed by atoms with Crippen LogP contribution in [0, 0.1) is 11.8 Å². The van der Waals surface area contributed by atoms with Gasteiger partial charge in [-0.15, -0.1) is 0 Å². The molecule has 2 fully saturated rings. The molecule has 4 atom stereocenters. The third-order valence-corrected chi connectivity index (χ3v) is 4.89. The number of rotatable bonds is 6. The Hall–Kier alpha value is -1.88. The van der Waals surface area contributed by atoms with Crippen molar-refractivity contribution in [1.29, 1.82) is 0 Å². The third-order valence-electron chi connectivity index (χ3n) is 4.89. The molecule has 2 bridgehead atoms. The van der Waals surface area contributed by atoms with Gasteiger partial charge in [0.15, 0.2) is 0 Å². The fraction of sp³-hybridized carbons (Fsp3) is 0.529. The smallest absolute Gasteiger partial charge is 0.309 e. The fourth-order valence-corrected chi connectivity index (χ4v) is 3.87. The van der Waals surface area contributed by atoms with Gasteiger partial charge in [-0.1, -0.05) is 24.3 Å². The first-order chi connectivity index (χ1) is 10.6. The fourth-order valence-electron chi connectivity index (χ4n) is 3.87. The zero-order valence-corrected chi connectivity index (χ0v) is 12.3. The van der Waals surface area contributed by atoms with Gasteiger partial charge in [-0.3, -0.25) is 9.59 Å². The van der Waals surface area contributed by atoms with Gasteiger partial charge < -0.3 is 14.9 Å². The number of ether oxygens (including phenoxy) is 1. The van der Waals surface area contributed by atoms with E-state index in [1.165, 1.54) is 0 Å². The Morgan fingerprint density at radius 1 is 1.09 bits per heavy atom. The molecule has 2 saturated heterocycles. The minimum absolute atomic E-state index is 0.0118. The molecule has 0 aliphatic carbocycles. The monoisotopic (exact) mass is 304 g/mol. The summed E-state index contributed by atoms with van der Waals surface area (Å²) in [6.07, 6.45) is 2.85. The molecule has 4 unspecified atom stereocenters. The van der Waals surface area contributed by atoms with E-state index in [0.717, 1.165) is 24.0 Å². The van der Waals surface area contributed by atoms with Crippen LogP contribution >= 0.6 is 0 Å². The normalized spacial score (nSPS) is 29.6. The number of aliphatic carboxylic acids is 2. The highest BCUT2D eigenvalue weighted by molar-refractivity contribution is 5.72. The van der Waals surface area contributed by atoms with Gasteiger partial charge in [0.25, 0.3) is 0 Å². The molecule has 0 amide bonds. The molecule has 5 heteroatoms. The third kappa shape index (κ3) is 2.86. The van der Waals surface area contributed by atoms with Gasteiger partial charge in [0, 0.05) is 12.3 Å². The van der Waals surface area contributed by atoms with E-state index in [0.29, 0.717) is 12.8 Å². The van der Waals surface area contributed by atoms with Gasteiger partial charge in [0.2, 0.25) is 0 Å². The van der Waals surface area contributed by atoms with Crippen molar-refractivity contribution in [3.8, 4) is 0 Å². The second kappa shape index (κ2) is 6.08. The maximum atomic E-state index is 11.5. The Bertz CT molecular complexity index is 582. The molecular weight excluding hydrogens is 284 g/mol. The number of carboxylic acid groups (broad SMARTS) is 2. The number of hydrogen-bond acceptors (Lipinski definition) is 3. The Morgan fingerprint density at radius 2 is 1.77 bits per heavy atom. The van der Waals surface area contributed by atoms with Crippen LogP contribution in [-0.4, -0.2) is 34.4 Å². The minimum atomic E-state index is -0.818. The highest BCUT2D eigenvalue weighted by atomic mass is 16.5. The van der Waals surface area contributed by atoms with Crippen LogP contribution in [0.15, 0.2) is 24.3 Å². The van der Waals surface area contributed by atoms with E-state index in [2.05, 4.69) is 0 Å². The van der Waals surface area contributed by atoms with Crippen LogP contribution in [0.1, 0.15) is 30.4 Å². The van der Waals surface area contributed by atoms with E-state index in [9.17, 15) is 14.7 Å². The first kappa shape index (κ1) is 15.0. The van der Waals surface area contributed by atoms with Gasteiger partial charge in [-0.05, 0) is 36.8 Å². The van der Waals surface area contributed by atoms with Crippen LogP contribution in [0.25, 0.3) is 0 Å². The van der Waals surface area contributed by atoms with Crippen molar-refractivity contribution >= 4 is 11.9 Å². The predicted octanol–water partition coefficient (Wildman–Crippen LogP) is 2.12. The van der Waals surface area contributed by atoms with Crippen molar-refractivity contribution in [2.45, 2.75) is 44.3 Å². The van der Waals surface area contributed by atoms with E-state index >= 15 is 0 Å². The topological polar surface area (TPSA) is 83.8 Å². The number of hydrogen-bond donors (Lipinski definition) is 2. The molecule has 1 aromatic carbocycles. The molecule has 5 nitrogen and oxygen atoms in total. The van der Waals surface area contributed by atoms with Gasteiger partial charge in [-0.25, -0.2) is 0 Å². The van der Waals surface area contributed by atoms with Crippen molar-refractivity contribution in [2.75, 3.05) is 0 Å². The average Bonchev–Trinajstić information content (AvgIpc) is 3.07. The molecule has 3 rings (SSSR count). The SMILES string of the molecule is O=C(O)CCc1ccccc1CC1C2CCC(O2)C1C(=O)O. The summed E-state index contributed by atoms with van der Waals surface area (Å²) < 4.78 is 5.79. The highest BCUT2D eigenvalue weighted by Crippen LogP contribution is 2.45. The van der Waals surface area contributed by atoms with Crippen molar-refractivity contribution in [3.05, 3.63) is 35.4 Å². The number of benzene rings is 1. The Morgan fingerprint density at radius 3 is 2.45 bits per heavy atom. The van der Waals surface area contributed by atoms with Crippen LogP contribution in [0.5, 0.6) is 0 Å². The summed E-state index contributed by atoms with van der Waals surface area (Å²) in [5.41, 5.74) is 2.05. The van der Waals surface area contributed by atoms with E-state index < -0.39 is 17.9 Å². The maximum Gasteiger partial charge on any atom is 0.309 e. The highest BCUT2D eigenvalue weighted by Gasteiger charge is 2.52. The van der Waals surface area contributed by atoms with Crippen LogP contribution < -0.4 is 0 Å². The Labute approximate surface area is 128 Å². The number of aryl methyl sites for hydroxylation is 1. The lowest BCUT2D eigenvalue weighted by Gasteiger charge is -2.25. The molecule has 1 aromatic rings. The second-order valence-electron chi connectivity index (χ2n) is 6.18. The van der Waals surface area contributed by atoms with E-state index in [-0.39, 0.29) is 24.5 Å². The summed E-state index contributed by atoms with van der Waals surface area (Å²) in [5, 5.41) is 18.3. The number of fused-ring (bicyclic) bond motifs is 2. The zero-order chi connectivity index (χ0) is 15.7. The molecule has 2 N–H and O–H groups in total. The molecule has 0 aromatic heterocycles. The summed E-state index contributed by atoms with van der Waals surface area (Å²) in [4.78, 5) is 22.3. The molecule has 2 heterocycles. The average molecular weight is 304 g/mol. The molecule has 22 heavy (non-hydrogen) atoms. The molecule has 0 spiro atoms. The Balaban J connectivity index is 1.78. The molecule has 2 aliphatic heterocycles. The minimum Gasteiger partial charge on any atom is -0.481 e. The first-order valence-electron chi connectivity index (χ1n) is 7.73. The standard InChI is InChI=1S/C17H20O5/c18-15(19)8-5-10-3-1-2-4-11(10)9-12-13-6-7-14(22-13)16(12)17(20)21/h1-4,12-14,16H,5-9H2,(H,18,19)(H,20,21). The van der Waals surface area contributed by atoms with Crippen LogP contribution in [0.4, 0.5) is 0 Å². The number of carboxylic acids is 2. The summed E-state index contributed by atoms with van der Waals surface area (Å²) in [6.45, 7) is 0. The first-order valence-corrected chi connectivity index (χ1v) is 7.73. The second-order valence-corrected chi connectivity index (χ2v) is 6.18. The van der Waals surface area contributed by atoms with Crippen LogP contribution in [0.3, 0.4) is 0 Å². The summed E-state index contributed by atoms with van der Waals surface area (Å²) in [5.74, 6) is -2.05. The van der Waals surface area contributed by atoms with Gasteiger partial charge >= 0.3 is 11.9 Å². The molecular formula is C17H20O5. The molecule has 2 aliphatic rings. The van der Waals surface area contributed by atoms with Crippen molar-refractivity contribution in [3.63, 3.8) is 0 Å². The number of carbonyl (C=O) groups is 2. The Kier molecular flexibility index (Phi) is 4.16. The van der Waals surface area contributed by atoms with E-state index in [1.54, 1.807) is 0 Å². The lowest BCUT2D eigenvalue weighted by Crippen LogP contribution is -2.34.